The summed E-state index contributed by atoms with van der Waals surface area (Å²) in [6.45, 7) is 5.24. The second-order valence-electron chi connectivity index (χ2n) is 12.3. The number of fused-ring (bicyclic) bond motifs is 1. The first kappa shape index (κ1) is 33.0. The highest BCUT2D eigenvalue weighted by Gasteiger charge is 2.47. The van der Waals surface area contributed by atoms with E-state index in [0.717, 1.165) is 47.5 Å². The van der Waals surface area contributed by atoms with E-state index in [2.05, 4.69) is 104 Å². The maximum Gasteiger partial charge on any atom is 0.363 e. The van der Waals surface area contributed by atoms with Crippen molar-refractivity contribution < 1.29 is 13.8 Å². The highest BCUT2D eigenvalue weighted by Crippen LogP contribution is 2.56. The van der Waals surface area contributed by atoms with Gasteiger partial charge in [-0.2, -0.15) is 0 Å². The van der Waals surface area contributed by atoms with Crippen LogP contribution in [-0.2, 0) is 19.4 Å². The van der Waals surface area contributed by atoms with Gasteiger partial charge in [0.05, 0.1) is 30.3 Å². The monoisotopic (exact) mass is 685 g/mol. The highest BCUT2D eigenvalue weighted by molar-refractivity contribution is 7.83. The van der Waals surface area contributed by atoms with E-state index in [4.69, 9.17) is 20.5 Å². The molecule has 1 unspecified atom stereocenters. The number of ether oxygens (including phenoxy) is 1. The van der Waals surface area contributed by atoms with Crippen LogP contribution in [0, 0.1) is 6.92 Å². The van der Waals surface area contributed by atoms with Gasteiger partial charge in [-0.1, -0.05) is 97.9 Å². The van der Waals surface area contributed by atoms with Gasteiger partial charge in [-0.15, -0.1) is 0 Å². The number of hydrogen-bond acceptors (Lipinski definition) is 8. The molecular formula is C36H41ClN7O3P. The average molecular weight is 686 g/mol. The van der Waals surface area contributed by atoms with Crippen molar-refractivity contribution in [2.75, 3.05) is 52.4 Å². The lowest BCUT2D eigenvalue weighted by molar-refractivity contribution is -0.145. The molecule has 0 aliphatic carbocycles. The number of piperazine rings is 1. The molecular weight excluding hydrogens is 645 g/mol. The number of aryl methyl sites for hydroxylation is 1. The van der Waals surface area contributed by atoms with Crippen LogP contribution in [0.2, 0.25) is 0 Å². The minimum absolute atomic E-state index is 0.0524. The van der Waals surface area contributed by atoms with Crippen molar-refractivity contribution in [3.05, 3.63) is 126 Å². The first-order chi connectivity index (χ1) is 23.4. The zero-order valence-electron chi connectivity index (χ0n) is 27.3. The Bertz CT molecular complexity index is 1760. The zero-order valence-corrected chi connectivity index (χ0v) is 29.0. The van der Waals surface area contributed by atoms with Gasteiger partial charge in [0.2, 0.25) is 0 Å². The molecule has 7 rings (SSSR count). The largest absolute Gasteiger partial charge is 0.363 e. The number of benzene rings is 3. The fourth-order valence-corrected chi connectivity index (χ4v) is 8.94. The Labute approximate surface area is 286 Å². The summed E-state index contributed by atoms with van der Waals surface area (Å²) < 4.78 is 30.5. The van der Waals surface area contributed by atoms with Crippen LogP contribution < -0.4 is 0 Å². The van der Waals surface area contributed by atoms with Crippen LogP contribution in [0.5, 0.6) is 0 Å². The van der Waals surface area contributed by atoms with E-state index in [9.17, 15) is 4.57 Å². The summed E-state index contributed by atoms with van der Waals surface area (Å²) in [5, 5.41) is 0. The van der Waals surface area contributed by atoms with Crippen molar-refractivity contribution in [1.29, 1.82) is 0 Å². The Morgan fingerprint density at radius 2 is 1.44 bits per heavy atom. The normalized spacial score (nSPS) is 21.3. The van der Waals surface area contributed by atoms with Crippen LogP contribution in [0.4, 0.5) is 0 Å². The number of aromatic nitrogens is 4. The molecule has 5 aromatic rings. The Balaban J connectivity index is 1.31. The minimum Gasteiger partial charge on any atom is -0.350 e. The smallest absolute Gasteiger partial charge is 0.350 e. The Morgan fingerprint density at radius 3 is 2.00 bits per heavy atom. The van der Waals surface area contributed by atoms with Gasteiger partial charge < -0.3 is 14.2 Å². The van der Waals surface area contributed by atoms with Gasteiger partial charge in [0.1, 0.15) is 18.1 Å². The van der Waals surface area contributed by atoms with Crippen LogP contribution in [0.3, 0.4) is 0 Å². The molecule has 0 saturated carbocycles. The standard InChI is InChI=1S/C36H41ClN7O3P/c1-3-41-19-21-43(22-20-41)48(37,45)46-25-32-23-42(24-33(47-32)44-27-40-34-28(2)38-26-39-35(34)44)36(29-13-7-4-8-14-29,30-15-9-5-10-16-30)31-17-11-6-12-18-31/h4-18,26-27,32-33H,3,19-25H2,1-2H3/t32-,33+,48?/m0/s1. The lowest BCUT2D eigenvalue weighted by Gasteiger charge is -2.50. The van der Waals surface area contributed by atoms with Crippen LogP contribution in [0.25, 0.3) is 11.2 Å². The molecule has 2 fully saturated rings. The molecule has 48 heavy (non-hydrogen) atoms. The Kier molecular flexibility index (Phi) is 9.76. The first-order valence-electron chi connectivity index (χ1n) is 16.5. The van der Waals surface area contributed by atoms with Gasteiger partial charge in [-0.25, -0.2) is 19.6 Å². The number of hydrogen-bond donors (Lipinski definition) is 0. The van der Waals surface area contributed by atoms with Crippen LogP contribution in [-0.4, -0.2) is 92.5 Å². The Hall–Kier alpha value is -3.47. The van der Waals surface area contributed by atoms with E-state index in [1.807, 2.05) is 29.7 Å². The van der Waals surface area contributed by atoms with Crippen molar-refractivity contribution in [2.24, 2.45) is 0 Å². The molecule has 0 amide bonds. The molecule has 10 nitrogen and oxygen atoms in total. The SMILES string of the molecule is CCN1CCN(P(=O)(Cl)OC[C@@H]2CN(C(c3ccccc3)(c3ccccc3)c3ccccc3)C[C@H](n3cnc4c(C)ncnc43)O2)CC1. The van der Waals surface area contributed by atoms with E-state index >= 15 is 0 Å². The van der Waals surface area contributed by atoms with Crippen molar-refractivity contribution >= 4 is 29.3 Å². The number of morpholine rings is 1. The summed E-state index contributed by atoms with van der Waals surface area (Å²) >= 11 is 6.71. The van der Waals surface area contributed by atoms with Crippen molar-refractivity contribution in [3.63, 3.8) is 0 Å². The predicted octanol–water partition coefficient (Wildman–Crippen LogP) is 6.33. The van der Waals surface area contributed by atoms with E-state index in [1.54, 1.807) is 17.3 Å². The fraction of sp³-hybridized carbons (Fsp3) is 0.361. The molecule has 0 radical (unpaired) electrons. The third-order valence-corrected chi connectivity index (χ3v) is 12.1. The van der Waals surface area contributed by atoms with Crippen molar-refractivity contribution in [1.82, 2.24) is 34.0 Å². The van der Waals surface area contributed by atoms with Gasteiger partial charge in [0.25, 0.3) is 0 Å². The minimum atomic E-state index is -3.59. The third-order valence-electron chi connectivity index (χ3n) is 9.60. The molecule has 2 aliphatic rings. The quantitative estimate of drug-likeness (QED) is 0.124. The summed E-state index contributed by atoms with van der Waals surface area (Å²) in [4.78, 5) is 18.4. The molecule has 250 valence electrons. The van der Waals surface area contributed by atoms with E-state index < -0.39 is 24.7 Å². The highest BCUT2D eigenvalue weighted by atomic mass is 35.7. The summed E-state index contributed by atoms with van der Waals surface area (Å²) in [6, 6.07) is 31.7. The number of halogens is 1. The lowest BCUT2D eigenvalue weighted by Crippen LogP contribution is -2.57. The number of nitrogens with zero attached hydrogens (tertiary/aromatic N) is 7. The first-order valence-corrected chi connectivity index (χ1v) is 19.0. The Morgan fingerprint density at radius 1 is 0.854 bits per heavy atom. The van der Waals surface area contributed by atoms with Crippen LogP contribution >= 0.6 is 18.1 Å². The molecule has 3 aromatic carbocycles. The second kappa shape index (κ2) is 14.2. The zero-order chi connectivity index (χ0) is 33.1. The summed E-state index contributed by atoms with van der Waals surface area (Å²) in [5.41, 5.74) is 4.87. The van der Waals surface area contributed by atoms with Crippen molar-refractivity contribution in [3.8, 4) is 0 Å². The number of likely N-dealkylation sites (N-methyl/N-ethyl adjacent to an activating group) is 1. The number of rotatable bonds is 10. The van der Waals surface area contributed by atoms with E-state index in [1.165, 1.54) is 0 Å². The topological polar surface area (TPSA) is 88.9 Å². The summed E-state index contributed by atoms with van der Waals surface area (Å²) in [6.07, 6.45) is 2.35. The van der Waals surface area contributed by atoms with Gasteiger partial charge in [0, 0.05) is 39.3 Å². The lowest BCUT2D eigenvalue weighted by atomic mass is 9.75. The molecule has 0 bridgehead atoms. The molecule has 2 saturated heterocycles. The number of imidazole rings is 1. The molecule has 3 atom stereocenters. The average Bonchev–Trinajstić information content (AvgIpc) is 3.58. The van der Waals surface area contributed by atoms with Gasteiger partial charge in [-0.05, 0) is 41.4 Å². The van der Waals surface area contributed by atoms with Crippen LogP contribution in [0.1, 0.15) is 35.5 Å². The summed E-state index contributed by atoms with van der Waals surface area (Å²) in [5.74, 6) is 0. The van der Waals surface area contributed by atoms with E-state index in [0.29, 0.717) is 31.8 Å². The van der Waals surface area contributed by atoms with E-state index in [-0.39, 0.29) is 6.61 Å². The van der Waals surface area contributed by atoms with Gasteiger partial charge in [-0.3, -0.25) is 14.0 Å². The molecule has 4 heterocycles. The molecule has 0 spiro atoms. The molecule has 0 N–H and O–H groups in total. The second-order valence-corrected chi connectivity index (χ2v) is 15.4. The molecule has 12 heteroatoms. The van der Waals surface area contributed by atoms with Gasteiger partial charge >= 0.3 is 6.87 Å². The molecule has 2 aliphatic heterocycles. The molecule has 2 aromatic heterocycles. The third kappa shape index (κ3) is 6.34. The summed E-state index contributed by atoms with van der Waals surface area (Å²) in [7, 11) is 0. The maximum atomic E-state index is 13.8. The van der Waals surface area contributed by atoms with Crippen LogP contribution in [0.15, 0.2) is 104 Å². The van der Waals surface area contributed by atoms with Gasteiger partial charge in [0.15, 0.2) is 5.65 Å². The predicted molar refractivity (Wildman–Crippen MR) is 188 cm³/mol. The maximum absolute atomic E-state index is 13.8. The van der Waals surface area contributed by atoms with Crippen molar-refractivity contribution in [2.45, 2.75) is 31.7 Å². The fourth-order valence-electron chi connectivity index (χ4n) is 7.15.